The van der Waals surface area contributed by atoms with E-state index in [0.717, 1.165) is 4.47 Å². The summed E-state index contributed by atoms with van der Waals surface area (Å²) in [5.74, 6) is -3.13. The summed E-state index contributed by atoms with van der Waals surface area (Å²) in [4.78, 5) is 22.2. The van der Waals surface area contributed by atoms with Crippen molar-refractivity contribution in [3.05, 3.63) is 28.7 Å². The number of nitrogens with one attached hydrogen (secondary N) is 1. The van der Waals surface area contributed by atoms with E-state index in [-0.39, 0.29) is 5.75 Å². The van der Waals surface area contributed by atoms with Gasteiger partial charge in [0.25, 0.3) is 5.91 Å². The molecule has 0 spiro atoms. The molecule has 2 N–H and O–H groups in total. The van der Waals surface area contributed by atoms with Crippen molar-refractivity contribution in [3.63, 3.8) is 0 Å². The Morgan fingerprint density at radius 1 is 1.29 bits per heavy atom. The van der Waals surface area contributed by atoms with Gasteiger partial charge in [-0.3, -0.25) is 4.79 Å². The van der Waals surface area contributed by atoms with Gasteiger partial charge in [-0.15, -0.1) is 0 Å². The lowest BCUT2D eigenvalue weighted by Crippen LogP contribution is -2.62. The third-order valence-electron chi connectivity index (χ3n) is 2.57. The zero-order valence-electron chi connectivity index (χ0n) is 10.7. The average Bonchev–Trinajstić information content (AvgIpc) is 2.36. The summed E-state index contributed by atoms with van der Waals surface area (Å²) < 4.78 is 43.8. The molecule has 1 aromatic carbocycles. The van der Waals surface area contributed by atoms with Crippen LogP contribution in [0.5, 0.6) is 5.75 Å². The highest BCUT2D eigenvalue weighted by molar-refractivity contribution is 9.10. The van der Waals surface area contributed by atoms with Gasteiger partial charge in [0.05, 0.1) is 0 Å². The first-order valence-electron chi connectivity index (χ1n) is 5.56. The first kappa shape index (κ1) is 17.3. The third kappa shape index (κ3) is 4.35. The predicted octanol–water partition coefficient (Wildman–Crippen LogP) is 2.35. The smallest absolute Gasteiger partial charge is 0.422 e. The van der Waals surface area contributed by atoms with E-state index in [9.17, 15) is 22.8 Å². The number of rotatable bonds is 5. The number of ether oxygens (including phenoxy) is 1. The second-order valence-electron chi connectivity index (χ2n) is 4.22. The Balaban J connectivity index is 2.67. The van der Waals surface area contributed by atoms with Crippen LogP contribution in [0.3, 0.4) is 0 Å². The number of carbonyl (C=O) groups excluding carboxylic acids is 1. The molecule has 0 aliphatic rings. The van der Waals surface area contributed by atoms with Crippen molar-refractivity contribution in [2.45, 2.75) is 18.6 Å². The maximum atomic E-state index is 12.7. The summed E-state index contributed by atoms with van der Waals surface area (Å²) in [5, 5.41) is 10.1. The summed E-state index contributed by atoms with van der Waals surface area (Å²) in [6, 6.07) is 6.23. The molecule has 0 radical (unpaired) electrons. The fourth-order valence-corrected chi connectivity index (χ4v) is 1.50. The van der Waals surface area contributed by atoms with Crippen LogP contribution in [0.2, 0.25) is 0 Å². The number of hydrogen-bond donors (Lipinski definition) is 2. The highest BCUT2D eigenvalue weighted by Gasteiger charge is 2.58. The lowest BCUT2D eigenvalue weighted by atomic mass is 10.0. The number of hydrogen-bond acceptors (Lipinski definition) is 3. The highest BCUT2D eigenvalue weighted by atomic mass is 79.9. The Bertz CT molecular complexity index is 532. The van der Waals surface area contributed by atoms with Crippen LogP contribution in [-0.2, 0) is 9.59 Å². The van der Waals surface area contributed by atoms with Gasteiger partial charge < -0.3 is 15.2 Å². The largest absolute Gasteiger partial charge is 0.484 e. The van der Waals surface area contributed by atoms with Crippen LogP contribution in [0.1, 0.15) is 6.92 Å². The van der Waals surface area contributed by atoms with Crippen molar-refractivity contribution in [2.24, 2.45) is 0 Å². The molecule has 0 bridgehead atoms. The standard InChI is InChI=1S/C12H11BrF3NO4/c1-11(10(19)20,12(14,15)16)17-9(18)6-21-8-4-2-7(13)3-5-8/h2-5H,6H2,1H3,(H,17,18)(H,19,20). The van der Waals surface area contributed by atoms with E-state index in [1.165, 1.54) is 17.4 Å². The number of carboxylic acid groups (broad SMARTS) is 1. The van der Waals surface area contributed by atoms with E-state index in [4.69, 9.17) is 9.84 Å². The minimum Gasteiger partial charge on any atom is -0.484 e. The number of carboxylic acids is 1. The fourth-order valence-electron chi connectivity index (χ4n) is 1.24. The lowest BCUT2D eigenvalue weighted by Gasteiger charge is -2.28. The molecular weight excluding hydrogens is 359 g/mol. The third-order valence-corrected chi connectivity index (χ3v) is 3.10. The Hall–Kier alpha value is -1.77. The zero-order chi connectivity index (χ0) is 16.3. The second kappa shape index (κ2) is 6.33. The molecule has 1 atom stereocenters. The van der Waals surface area contributed by atoms with Crippen LogP contribution in [0, 0.1) is 0 Å². The molecule has 0 fully saturated rings. The van der Waals surface area contributed by atoms with E-state index in [1.54, 1.807) is 12.1 Å². The number of alkyl halides is 3. The number of benzene rings is 1. The molecule has 1 unspecified atom stereocenters. The molecule has 1 rings (SSSR count). The molecule has 0 aromatic heterocycles. The van der Waals surface area contributed by atoms with Crippen LogP contribution in [0.4, 0.5) is 13.2 Å². The van der Waals surface area contributed by atoms with Crippen molar-refractivity contribution >= 4 is 27.8 Å². The summed E-state index contributed by atoms with van der Waals surface area (Å²) in [5.41, 5.74) is -3.37. The monoisotopic (exact) mass is 369 g/mol. The molecule has 1 amide bonds. The van der Waals surface area contributed by atoms with Gasteiger partial charge in [0.2, 0.25) is 5.54 Å². The first-order chi connectivity index (χ1) is 9.56. The van der Waals surface area contributed by atoms with E-state index >= 15 is 0 Å². The number of aliphatic carboxylic acids is 1. The van der Waals surface area contributed by atoms with E-state index in [2.05, 4.69) is 15.9 Å². The second-order valence-corrected chi connectivity index (χ2v) is 5.13. The van der Waals surface area contributed by atoms with Crippen molar-refractivity contribution < 1.29 is 32.6 Å². The molecule has 1 aromatic rings. The van der Waals surface area contributed by atoms with Crippen LogP contribution < -0.4 is 10.1 Å². The van der Waals surface area contributed by atoms with Crippen molar-refractivity contribution in [1.82, 2.24) is 5.32 Å². The minimum absolute atomic E-state index is 0.261. The molecule has 0 aliphatic carbocycles. The Kier molecular flexibility index (Phi) is 5.21. The van der Waals surface area contributed by atoms with E-state index < -0.39 is 30.2 Å². The molecule has 0 saturated carbocycles. The number of amides is 1. The minimum atomic E-state index is -5.13. The van der Waals surface area contributed by atoms with Gasteiger partial charge in [-0.25, -0.2) is 4.79 Å². The van der Waals surface area contributed by atoms with E-state index in [0.29, 0.717) is 6.92 Å². The molecule has 5 nitrogen and oxygen atoms in total. The van der Waals surface area contributed by atoms with Crippen LogP contribution in [0.25, 0.3) is 0 Å². The molecule has 21 heavy (non-hydrogen) atoms. The number of carbonyl (C=O) groups is 2. The lowest BCUT2D eigenvalue weighted by molar-refractivity contribution is -0.207. The maximum Gasteiger partial charge on any atom is 0.422 e. The quantitative estimate of drug-likeness (QED) is 0.835. The van der Waals surface area contributed by atoms with Crippen LogP contribution in [0.15, 0.2) is 28.7 Å². The summed E-state index contributed by atoms with van der Waals surface area (Å²) >= 11 is 3.18. The van der Waals surface area contributed by atoms with Gasteiger partial charge in [0.1, 0.15) is 5.75 Å². The summed E-state index contributed by atoms with van der Waals surface area (Å²) in [7, 11) is 0. The average molecular weight is 370 g/mol. The maximum absolute atomic E-state index is 12.7. The molecule has 9 heteroatoms. The first-order valence-corrected chi connectivity index (χ1v) is 6.35. The molecule has 0 saturated heterocycles. The van der Waals surface area contributed by atoms with Crippen molar-refractivity contribution in [2.75, 3.05) is 6.61 Å². The molecule has 0 aliphatic heterocycles. The summed E-state index contributed by atoms with van der Waals surface area (Å²) in [6.45, 7) is -0.368. The Labute approximate surface area is 126 Å². The van der Waals surface area contributed by atoms with Gasteiger partial charge in [0.15, 0.2) is 6.61 Å². The van der Waals surface area contributed by atoms with Gasteiger partial charge in [-0.1, -0.05) is 15.9 Å². The normalized spacial score (nSPS) is 14.1. The van der Waals surface area contributed by atoms with Gasteiger partial charge in [0, 0.05) is 4.47 Å². The van der Waals surface area contributed by atoms with Gasteiger partial charge in [-0.05, 0) is 31.2 Å². The topological polar surface area (TPSA) is 75.6 Å². The van der Waals surface area contributed by atoms with Crippen LogP contribution in [-0.4, -0.2) is 35.3 Å². The molecule has 0 heterocycles. The highest BCUT2D eigenvalue weighted by Crippen LogP contribution is 2.30. The Morgan fingerprint density at radius 2 is 1.81 bits per heavy atom. The molecule has 116 valence electrons. The fraction of sp³-hybridized carbons (Fsp3) is 0.333. The van der Waals surface area contributed by atoms with Crippen molar-refractivity contribution in [3.8, 4) is 5.75 Å². The SMILES string of the molecule is CC(NC(=O)COc1ccc(Br)cc1)(C(=O)O)C(F)(F)F. The molecular formula is C12H11BrF3NO4. The zero-order valence-corrected chi connectivity index (χ0v) is 12.3. The predicted molar refractivity (Wildman–Crippen MR) is 69.9 cm³/mol. The summed E-state index contributed by atoms with van der Waals surface area (Å²) in [6.07, 6.45) is -5.13. The van der Waals surface area contributed by atoms with Gasteiger partial charge >= 0.3 is 12.1 Å². The van der Waals surface area contributed by atoms with Gasteiger partial charge in [-0.2, -0.15) is 13.2 Å². The van der Waals surface area contributed by atoms with E-state index in [1.807, 2.05) is 0 Å². The van der Waals surface area contributed by atoms with Crippen LogP contribution >= 0.6 is 15.9 Å². The Morgan fingerprint density at radius 3 is 2.24 bits per heavy atom. The van der Waals surface area contributed by atoms with Crippen molar-refractivity contribution in [1.29, 1.82) is 0 Å². The number of halogens is 4.